The van der Waals surface area contributed by atoms with Crippen LogP contribution in [0.25, 0.3) is 0 Å². The van der Waals surface area contributed by atoms with Crippen molar-refractivity contribution in [3.05, 3.63) is 35.3 Å². The first kappa shape index (κ1) is 23.5. The van der Waals surface area contributed by atoms with Crippen molar-refractivity contribution in [2.45, 2.75) is 63.8 Å². The number of fused-ring (bicyclic) bond motifs is 2. The fraction of sp³-hybridized carbons (Fsp3) is 0.560. The largest absolute Gasteiger partial charge is 0.381 e. The smallest absolute Gasteiger partial charge is 0.257 e. The van der Waals surface area contributed by atoms with E-state index in [1.807, 2.05) is 0 Å². The first-order valence-corrected chi connectivity index (χ1v) is 12.3. The molecule has 1 saturated carbocycles. The predicted octanol–water partition coefficient (Wildman–Crippen LogP) is 2.94. The third kappa shape index (κ3) is 4.42. The lowest BCUT2D eigenvalue weighted by atomic mass is 9.76. The Bertz CT molecular complexity index is 1130. The van der Waals surface area contributed by atoms with Crippen molar-refractivity contribution in [2.24, 2.45) is 11.8 Å². The van der Waals surface area contributed by atoms with E-state index < -0.39 is 17.4 Å². The van der Waals surface area contributed by atoms with Crippen LogP contribution in [0.1, 0.15) is 67.1 Å². The van der Waals surface area contributed by atoms with E-state index in [9.17, 15) is 14.4 Å². The van der Waals surface area contributed by atoms with Gasteiger partial charge in [-0.25, -0.2) is 4.98 Å². The highest BCUT2D eigenvalue weighted by Crippen LogP contribution is 2.44. The zero-order valence-electron chi connectivity index (χ0n) is 20.1. The highest BCUT2D eigenvalue weighted by Gasteiger charge is 2.48. The fourth-order valence-corrected chi connectivity index (χ4v) is 5.54. The number of pyridine rings is 1. The molecule has 10 heteroatoms. The summed E-state index contributed by atoms with van der Waals surface area (Å²) in [5.74, 6) is 0.178. The number of anilines is 2. The molecule has 0 unspecified atom stereocenters. The molecule has 0 aromatic carbocycles. The Balaban J connectivity index is 1.35. The molecule has 4 heterocycles. The number of aryl methyl sites for hydroxylation is 1. The van der Waals surface area contributed by atoms with Gasteiger partial charge in [0, 0.05) is 31.0 Å². The quantitative estimate of drug-likeness (QED) is 0.597. The van der Waals surface area contributed by atoms with Crippen LogP contribution in [0.4, 0.5) is 11.5 Å². The maximum Gasteiger partial charge on any atom is 0.257 e. The van der Waals surface area contributed by atoms with Crippen LogP contribution in [0.2, 0.25) is 0 Å². The molecule has 10 nitrogen and oxygen atoms in total. The highest BCUT2D eigenvalue weighted by atomic mass is 16.5. The monoisotopic (exact) mass is 481 g/mol. The number of hydrogen-bond acceptors (Lipinski definition) is 7. The SMILES string of the molecule is Cc1nocc1C(=O)N[C@H](C(=O)Nc1cc2c(cn1)C1(CCOCC1)C(=O)N2)[C@H]1CC[C@H](C)CC1. The zero-order valence-corrected chi connectivity index (χ0v) is 20.1. The molecule has 2 aliphatic heterocycles. The van der Waals surface area contributed by atoms with E-state index in [1.165, 1.54) is 6.26 Å². The maximum atomic E-state index is 13.4. The second-order valence-electron chi connectivity index (χ2n) is 10.0. The summed E-state index contributed by atoms with van der Waals surface area (Å²) in [4.78, 5) is 43.6. The van der Waals surface area contributed by atoms with Gasteiger partial charge in [-0.2, -0.15) is 0 Å². The number of carbonyl (C=O) groups is 3. The van der Waals surface area contributed by atoms with E-state index >= 15 is 0 Å². The van der Waals surface area contributed by atoms with Gasteiger partial charge in [0.1, 0.15) is 23.7 Å². The van der Waals surface area contributed by atoms with Crippen molar-refractivity contribution in [3.63, 3.8) is 0 Å². The molecular weight excluding hydrogens is 450 g/mol. The zero-order chi connectivity index (χ0) is 24.6. The van der Waals surface area contributed by atoms with E-state index in [-0.39, 0.29) is 17.7 Å². The molecule has 0 radical (unpaired) electrons. The topological polar surface area (TPSA) is 135 Å². The summed E-state index contributed by atoms with van der Waals surface area (Å²) in [5, 5.41) is 12.5. The molecule has 3 aliphatic rings. The number of amides is 3. The van der Waals surface area contributed by atoms with Crippen LogP contribution in [0, 0.1) is 18.8 Å². The Hall–Kier alpha value is -3.27. The van der Waals surface area contributed by atoms with Gasteiger partial charge < -0.3 is 25.2 Å². The lowest BCUT2D eigenvalue weighted by molar-refractivity contribution is -0.124. The van der Waals surface area contributed by atoms with E-state index in [4.69, 9.17) is 9.26 Å². The molecular formula is C25H31N5O5. The van der Waals surface area contributed by atoms with Crippen LogP contribution in [-0.4, -0.2) is 47.1 Å². The summed E-state index contributed by atoms with van der Waals surface area (Å²) in [6.45, 7) is 4.94. The van der Waals surface area contributed by atoms with E-state index in [2.05, 4.69) is 33.0 Å². The summed E-state index contributed by atoms with van der Waals surface area (Å²) >= 11 is 0. The van der Waals surface area contributed by atoms with Gasteiger partial charge in [-0.15, -0.1) is 0 Å². The lowest BCUT2D eigenvalue weighted by Crippen LogP contribution is -2.49. The van der Waals surface area contributed by atoms with Gasteiger partial charge in [0.2, 0.25) is 11.8 Å². The summed E-state index contributed by atoms with van der Waals surface area (Å²) < 4.78 is 10.3. The molecule has 5 rings (SSSR count). The molecule has 1 spiro atoms. The molecule has 2 aromatic rings. The summed E-state index contributed by atoms with van der Waals surface area (Å²) in [5.41, 5.74) is 1.67. The van der Waals surface area contributed by atoms with Crippen molar-refractivity contribution in [1.82, 2.24) is 15.5 Å². The Morgan fingerprint density at radius 3 is 2.63 bits per heavy atom. The number of aromatic nitrogens is 2. The standard InChI is InChI=1S/C25H31N5O5/c1-14-3-5-16(6-4-14)21(29-22(31)17-13-35-30-15(17)2)23(32)28-20-11-19-18(12-26-20)25(24(33)27-19)7-9-34-10-8-25/h11-14,16,21H,3-10H2,1-2H3,(H,27,33)(H,29,31)(H,26,28,32)/t14-,16-,21-/m0/s1. The second-order valence-corrected chi connectivity index (χ2v) is 10.0. The number of carbonyl (C=O) groups excluding carboxylic acids is 3. The van der Waals surface area contributed by atoms with Crippen molar-refractivity contribution in [1.29, 1.82) is 0 Å². The van der Waals surface area contributed by atoms with Crippen molar-refractivity contribution in [2.75, 3.05) is 23.8 Å². The fourth-order valence-electron chi connectivity index (χ4n) is 5.54. The van der Waals surface area contributed by atoms with Gasteiger partial charge in [0.15, 0.2) is 0 Å². The van der Waals surface area contributed by atoms with Gasteiger partial charge in [-0.05, 0) is 44.4 Å². The minimum atomic E-state index is -0.726. The molecule has 0 bridgehead atoms. The van der Waals surface area contributed by atoms with Crippen LogP contribution in [0.15, 0.2) is 23.0 Å². The van der Waals surface area contributed by atoms with E-state index in [0.717, 1.165) is 31.2 Å². The molecule has 186 valence electrons. The number of hydrogen-bond donors (Lipinski definition) is 3. The normalized spacial score (nSPS) is 23.9. The summed E-state index contributed by atoms with van der Waals surface area (Å²) in [7, 11) is 0. The van der Waals surface area contributed by atoms with Crippen LogP contribution in [-0.2, 0) is 19.7 Å². The van der Waals surface area contributed by atoms with Crippen molar-refractivity contribution >= 4 is 29.2 Å². The average Bonchev–Trinajstić information content (AvgIpc) is 3.39. The minimum Gasteiger partial charge on any atom is -0.381 e. The predicted molar refractivity (Wildman–Crippen MR) is 127 cm³/mol. The number of nitrogens with one attached hydrogen (secondary N) is 3. The summed E-state index contributed by atoms with van der Waals surface area (Å²) in [6.07, 6.45) is 7.88. The van der Waals surface area contributed by atoms with Crippen LogP contribution in [0.3, 0.4) is 0 Å². The third-order valence-electron chi connectivity index (χ3n) is 7.80. The van der Waals surface area contributed by atoms with Gasteiger partial charge in [0.05, 0.1) is 16.8 Å². The van der Waals surface area contributed by atoms with Gasteiger partial charge in [-0.3, -0.25) is 14.4 Å². The Kier molecular flexibility index (Phi) is 6.31. The van der Waals surface area contributed by atoms with E-state index in [0.29, 0.717) is 54.7 Å². The Morgan fingerprint density at radius 1 is 1.20 bits per heavy atom. The molecule has 3 N–H and O–H groups in total. The van der Waals surface area contributed by atoms with Gasteiger partial charge >= 0.3 is 0 Å². The molecule has 1 aliphatic carbocycles. The van der Waals surface area contributed by atoms with E-state index in [1.54, 1.807) is 19.2 Å². The lowest BCUT2D eigenvalue weighted by Gasteiger charge is -2.32. The highest BCUT2D eigenvalue weighted by molar-refractivity contribution is 6.07. The maximum absolute atomic E-state index is 13.4. The van der Waals surface area contributed by atoms with Crippen molar-refractivity contribution < 1.29 is 23.6 Å². The number of ether oxygens (including phenoxy) is 1. The summed E-state index contributed by atoms with van der Waals surface area (Å²) in [6, 6.07) is 0.970. The first-order chi connectivity index (χ1) is 16.9. The molecule has 1 atom stereocenters. The first-order valence-electron chi connectivity index (χ1n) is 12.3. The Labute approximate surface area is 203 Å². The minimum absolute atomic E-state index is 0.00922. The Morgan fingerprint density at radius 2 is 1.94 bits per heavy atom. The van der Waals surface area contributed by atoms with Crippen LogP contribution in [0.5, 0.6) is 0 Å². The molecule has 2 aromatic heterocycles. The molecule has 2 fully saturated rings. The van der Waals surface area contributed by atoms with Crippen molar-refractivity contribution in [3.8, 4) is 0 Å². The second kappa shape index (κ2) is 9.41. The number of nitrogens with zero attached hydrogens (tertiary/aromatic N) is 2. The van der Waals surface area contributed by atoms with Crippen LogP contribution >= 0.6 is 0 Å². The van der Waals surface area contributed by atoms with Crippen LogP contribution < -0.4 is 16.0 Å². The van der Waals surface area contributed by atoms with Gasteiger partial charge in [-0.1, -0.05) is 24.9 Å². The molecule has 35 heavy (non-hydrogen) atoms. The van der Waals surface area contributed by atoms with Gasteiger partial charge in [0.25, 0.3) is 5.91 Å². The average molecular weight is 482 g/mol. The number of rotatable bonds is 5. The third-order valence-corrected chi connectivity index (χ3v) is 7.80. The molecule has 1 saturated heterocycles. The molecule has 3 amide bonds.